The topological polar surface area (TPSA) is 194 Å². The minimum absolute atomic E-state index is 0.0669. The van der Waals surface area contributed by atoms with Crippen molar-refractivity contribution < 1.29 is 37.3 Å². The Balaban J connectivity index is 0.954. The van der Waals surface area contributed by atoms with Crippen molar-refractivity contribution in [2.75, 3.05) is 12.3 Å². The molecule has 0 aliphatic carbocycles. The Labute approximate surface area is 387 Å². The van der Waals surface area contributed by atoms with Gasteiger partial charge in [0.1, 0.15) is 31.0 Å². The highest BCUT2D eigenvalue weighted by Crippen LogP contribution is 2.42. The second kappa shape index (κ2) is 18.1. The molecule has 13 nitrogen and oxygen atoms in total. The van der Waals surface area contributed by atoms with Crippen LogP contribution in [0.5, 0.6) is 17.2 Å². The number of carboxylic acids is 1. The normalized spacial score (nSPS) is 16.3. The van der Waals surface area contributed by atoms with Crippen LogP contribution < -0.4 is 25.3 Å². The largest absolute Gasteiger partial charge is 0.489 e. The molecule has 0 saturated heterocycles. The number of nitrogen functional groups attached to an aromatic ring is 1. The summed E-state index contributed by atoms with van der Waals surface area (Å²) in [6, 6.07) is 34.3. The van der Waals surface area contributed by atoms with E-state index in [0.717, 1.165) is 37.9 Å². The van der Waals surface area contributed by atoms with E-state index < -0.39 is 40.1 Å². The number of carbonyl (C=O) groups is 2. The van der Waals surface area contributed by atoms with Gasteiger partial charge in [-0.15, -0.1) is 0 Å². The molecule has 1 amide bonds. The van der Waals surface area contributed by atoms with E-state index in [0.29, 0.717) is 66.4 Å². The highest BCUT2D eigenvalue weighted by Gasteiger charge is 2.42. The Morgan fingerprint density at radius 2 is 1.62 bits per heavy atom. The van der Waals surface area contributed by atoms with Gasteiger partial charge in [-0.1, -0.05) is 89.1 Å². The van der Waals surface area contributed by atoms with Gasteiger partial charge >= 0.3 is 5.97 Å². The number of aromatic nitrogens is 1. The number of hydrogen-bond donors (Lipinski definition) is 3. The van der Waals surface area contributed by atoms with Crippen LogP contribution >= 0.6 is 34.5 Å². The second-order valence-electron chi connectivity index (χ2n) is 15.5. The predicted octanol–water partition coefficient (Wildman–Crippen LogP) is 8.74. The molecule has 0 bridgehead atoms. The maximum atomic E-state index is 14.7. The van der Waals surface area contributed by atoms with Crippen LogP contribution in [0.1, 0.15) is 39.5 Å². The Hall–Kier alpha value is -6.67. The number of rotatable bonds is 12. The van der Waals surface area contributed by atoms with Crippen LogP contribution in [-0.2, 0) is 45.6 Å². The number of carboxylic acid groups (broad SMARTS) is 1. The van der Waals surface area contributed by atoms with Crippen LogP contribution in [0.15, 0.2) is 126 Å². The van der Waals surface area contributed by atoms with Crippen molar-refractivity contribution in [3.8, 4) is 34.4 Å². The van der Waals surface area contributed by atoms with Gasteiger partial charge in [-0.3, -0.25) is 4.79 Å². The summed E-state index contributed by atoms with van der Waals surface area (Å²) in [7, 11) is -4.39. The van der Waals surface area contributed by atoms with Gasteiger partial charge in [0.2, 0.25) is 15.9 Å². The third-order valence-corrected chi connectivity index (χ3v) is 14.7. The van der Waals surface area contributed by atoms with Gasteiger partial charge in [-0.05, 0) is 112 Å². The van der Waals surface area contributed by atoms with Crippen molar-refractivity contribution in [3.05, 3.63) is 165 Å². The molecule has 4 N–H and O–H groups in total. The summed E-state index contributed by atoms with van der Waals surface area (Å²) in [5.41, 5.74) is 12.3. The number of benzene rings is 6. The van der Waals surface area contributed by atoms with Gasteiger partial charge in [0, 0.05) is 13.0 Å². The number of ether oxygens (including phenoxy) is 3. The lowest BCUT2D eigenvalue weighted by Crippen LogP contribution is -2.55. The van der Waals surface area contributed by atoms with Crippen molar-refractivity contribution >= 4 is 71.8 Å². The molecule has 3 atom stereocenters. The molecule has 0 spiro atoms. The first kappa shape index (κ1) is 43.6. The zero-order valence-electron chi connectivity index (χ0n) is 34.1. The smallest absolute Gasteiger partial charge is 0.326 e. The molecule has 1 aromatic heterocycles. The highest BCUT2D eigenvalue weighted by molar-refractivity contribution is 7.89. The first-order valence-electron chi connectivity index (χ1n) is 20.2. The molecular weight excluding hydrogens is 910 g/mol. The number of nitriles is 1. The van der Waals surface area contributed by atoms with Crippen molar-refractivity contribution in [1.29, 1.82) is 5.26 Å². The Kier molecular flexibility index (Phi) is 12.1. The monoisotopic (exact) mass is 945 g/mol. The molecule has 17 heteroatoms. The van der Waals surface area contributed by atoms with E-state index in [2.05, 4.69) is 16.4 Å². The van der Waals surface area contributed by atoms with Crippen molar-refractivity contribution in [3.63, 3.8) is 0 Å². The molecule has 9 rings (SSSR count). The number of nitrogens with zero attached hydrogens (tertiary/aromatic N) is 3. The fraction of sp³-hybridized carbons (Fsp3) is 0.167. The Morgan fingerprint density at radius 1 is 0.908 bits per heavy atom. The maximum Gasteiger partial charge on any atom is 0.326 e. The van der Waals surface area contributed by atoms with E-state index in [1.54, 1.807) is 54.6 Å². The van der Waals surface area contributed by atoms with Gasteiger partial charge in [0.15, 0.2) is 22.7 Å². The van der Waals surface area contributed by atoms with Crippen molar-refractivity contribution in [2.45, 2.75) is 49.1 Å². The fourth-order valence-electron chi connectivity index (χ4n) is 7.84. The summed E-state index contributed by atoms with van der Waals surface area (Å²) < 4.78 is 49.6. The van der Waals surface area contributed by atoms with E-state index >= 15 is 0 Å². The quantitative estimate of drug-likeness (QED) is 0.106. The Bertz CT molecular complexity index is 3120. The van der Waals surface area contributed by atoms with Gasteiger partial charge in [-0.2, -0.15) is 9.57 Å². The third kappa shape index (κ3) is 9.31. The lowest BCUT2D eigenvalue weighted by Gasteiger charge is -2.36. The number of nitrogens with one attached hydrogen (secondary N) is 1. The number of thiazole rings is 1. The third-order valence-electron chi connectivity index (χ3n) is 11.3. The van der Waals surface area contributed by atoms with Crippen LogP contribution in [0.4, 0.5) is 5.13 Å². The van der Waals surface area contributed by atoms with Crippen LogP contribution in [0, 0.1) is 11.3 Å². The first-order chi connectivity index (χ1) is 31.3. The van der Waals surface area contributed by atoms with Crippen LogP contribution in [0.3, 0.4) is 0 Å². The number of amides is 1. The molecule has 0 saturated carbocycles. The maximum absolute atomic E-state index is 14.7. The summed E-state index contributed by atoms with van der Waals surface area (Å²) >= 11 is 13.3. The van der Waals surface area contributed by atoms with Gasteiger partial charge in [-0.25, -0.2) is 18.2 Å². The van der Waals surface area contributed by atoms with Gasteiger partial charge in [0.05, 0.1) is 36.8 Å². The van der Waals surface area contributed by atoms with Gasteiger partial charge in [0.25, 0.3) is 0 Å². The van der Waals surface area contributed by atoms with Crippen LogP contribution in [0.2, 0.25) is 10.0 Å². The number of anilines is 1. The average Bonchev–Trinajstić information content (AvgIpc) is 3.70. The van der Waals surface area contributed by atoms with E-state index in [-0.39, 0.29) is 36.0 Å². The van der Waals surface area contributed by atoms with E-state index in [4.69, 9.17) is 48.4 Å². The lowest BCUT2D eigenvalue weighted by molar-refractivity contribution is -0.142. The SMILES string of the molecule is N#Cc1ccc(-c2ccc(C[C@H](NC(=O)C3Cc4cc5c(cc4CN3S(=O)(=O)c3ccc4nc(N)sc4c3)O[C@@H](c3ccc(OCc4ccc(Cl)c(Cl)c4)cc3)CO5)C(=O)O)cc2)cc1. The number of halogens is 2. The fourth-order valence-corrected chi connectivity index (χ4v) is 10.6. The molecule has 328 valence electrons. The molecule has 0 fully saturated rings. The molecule has 65 heavy (non-hydrogen) atoms. The highest BCUT2D eigenvalue weighted by atomic mass is 35.5. The number of aliphatic carboxylic acids is 1. The first-order valence-corrected chi connectivity index (χ1v) is 23.2. The molecular formula is C48H37Cl2N5O8S2. The minimum atomic E-state index is -4.39. The molecule has 3 heterocycles. The van der Waals surface area contributed by atoms with E-state index in [9.17, 15) is 23.1 Å². The van der Waals surface area contributed by atoms with Crippen LogP contribution in [-0.4, -0.2) is 53.4 Å². The minimum Gasteiger partial charge on any atom is -0.489 e. The summed E-state index contributed by atoms with van der Waals surface area (Å²) in [4.78, 5) is 31.2. The molecule has 1 unspecified atom stereocenters. The zero-order valence-corrected chi connectivity index (χ0v) is 37.3. The van der Waals surface area contributed by atoms with E-state index in [1.165, 1.54) is 12.1 Å². The standard InChI is InChI=1S/C48H37Cl2N5O8S2/c49-37-15-5-29(17-38(37)50)25-61-35-12-10-32(11-13-35)44-26-62-42-20-33-19-41(46(56)53-40(47(57)58)18-27-1-6-30(7-2-27)31-8-3-28(23-51)4-9-31)55(24-34(33)21-43(42)63-44)65(59,60)36-14-16-39-45(22-36)64-48(52)54-39/h1-17,20-22,40-41,44H,18-19,24-26H2,(H2,52,54)(H,53,56)(H,57,58)/t40-,41?,44+/m0/s1. The second-order valence-corrected chi connectivity index (χ2v) is 19.3. The van der Waals surface area contributed by atoms with Crippen molar-refractivity contribution in [2.24, 2.45) is 0 Å². The number of carbonyl (C=O) groups excluding carboxylic acids is 1. The summed E-state index contributed by atoms with van der Waals surface area (Å²) in [5.74, 6) is -0.597. The zero-order chi connectivity index (χ0) is 45.4. The van der Waals surface area contributed by atoms with Crippen LogP contribution in [0.25, 0.3) is 21.3 Å². The lowest BCUT2D eigenvalue weighted by atomic mass is 9.93. The molecule has 2 aliphatic heterocycles. The number of hydrogen-bond acceptors (Lipinski definition) is 11. The van der Waals surface area contributed by atoms with E-state index in [1.807, 2.05) is 54.6 Å². The summed E-state index contributed by atoms with van der Waals surface area (Å²) in [6.45, 7) is 0.247. The number of fused-ring (bicyclic) bond motifs is 3. The van der Waals surface area contributed by atoms with Crippen molar-refractivity contribution in [1.82, 2.24) is 14.6 Å². The average molecular weight is 947 g/mol. The Morgan fingerprint density at radius 3 is 2.32 bits per heavy atom. The number of sulfonamides is 1. The molecule has 7 aromatic rings. The molecule has 0 radical (unpaired) electrons. The van der Waals surface area contributed by atoms with Gasteiger partial charge < -0.3 is 30.4 Å². The summed E-state index contributed by atoms with van der Waals surface area (Å²) in [5, 5.41) is 23.3. The molecule has 6 aromatic carbocycles. The summed E-state index contributed by atoms with van der Waals surface area (Å²) in [6.07, 6.45) is -0.640. The predicted molar refractivity (Wildman–Crippen MR) is 247 cm³/mol. The number of nitrogens with two attached hydrogens (primary N) is 1. The molecule has 2 aliphatic rings.